The summed E-state index contributed by atoms with van der Waals surface area (Å²) in [6.45, 7) is 4.40. The Morgan fingerprint density at radius 1 is 1.30 bits per heavy atom. The topological polar surface area (TPSA) is 102 Å². The monoisotopic (exact) mass is 469 g/mol. The number of hydrogen-bond donors (Lipinski definition) is 1. The number of nitriles is 1. The van der Waals surface area contributed by atoms with Crippen LogP contribution in [0.1, 0.15) is 30.8 Å². The SMILES string of the molecule is CC(C)CN1C(=O)/C(=C/c2cc(F)c(O)c(Br)c2)N=C1/C=C/c1ncc(C#N)cn1. The van der Waals surface area contributed by atoms with Gasteiger partial charge in [0.1, 0.15) is 17.6 Å². The van der Waals surface area contributed by atoms with Gasteiger partial charge in [0.05, 0.1) is 10.0 Å². The summed E-state index contributed by atoms with van der Waals surface area (Å²) >= 11 is 3.08. The summed E-state index contributed by atoms with van der Waals surface area (Å²) in [5, 5.41) is 18.4. The van der Waals surface area contributed by atoms with Crippen LogP contribution in [-0.2, 0) is 4.79 Å². The molecule has 0 radical (unpaired) electrons. The van der Waals surface area contributed by atoms with Gasteiger partial charge in [0.25, 0.3) is 5.91 Å². The number of nitrogens with zero attached hydrogens (tertiary/aromatic N) is 5. The zero-order valence-electron chi connectivity index (χ0n) is 16.2. The minimum absolute atomic E-state index is 0.146. The molecule has 3 rings (SSSR count). The number of rotatable bonds is 5. The number of carbonyl (C=O) groups is 1. The van der Waals surface area contributed by atoms with Gasteiger partial charge in [-0.3, -0.25) is 9.69 Å². The number of carbonyl (C=O) groups excluding carboxylic acids is 1. The highest BCUT2D eigenvalue weighted by Crippen LogP contribution is 2.30. The van der Waals surface area contributed by atoms with Crippen LogP contribution in [-0.4, -0.2) is 38.3 Å². The fraction of sp³-hybridized carbons (Fsp3) is 0.190. The first-order chi connectivity index (χ1) is 14.3. The molecule has 152 valence electrons. The van der Waals surface area contributed by atoms with E-state index in [9.17, 15) is 14.3 Å². The third-order valence-corrected chi connectivity index (χ3v) is 4.65. The number of amides is 1. The Hall–Kier alpha value is -3.38. The van der Waals surface area contributed by atoms with Crippen LogP contribution in [0.3, 0.4) is 0 Å². The van der Waals surface area contributed by atoms with Crippen molar-refractivity contribution >= 4 is 39.8 Å². The van der Waals surface area contributed by atoms with E-state index in [1.807, 2.05) is 19.9 Å². The molecule has 0 saturated carbocycles. The highest BCUT2D eigenvalue weighted by atomic mass is 79.9. The maximum atomic E-state index is 13.8. The molecular weight excluding hydrogens is 453 g/mol. The molecule has 1 aliphatic rings. The van der Waals surface area contributed by atoms with E-state index in [0.717, 1.165) is 6.07 Å². The molecule has 2 heterocycles. The normalized spacial score (nSPS) is 15.3. The number of amidine groups is 1. The van der Waals surface area contributed by atoms with Crippen molar-refractivity contribution in [3.63, 3.8) is 0 Å². The van der Waals surface area contributed by atoms with Crippen molar-refractivity contribution in [1.29, 1.82) is 5.26 Å². The van der Waals surface area contributed by atoms with Crippen molar-refractivity contribution in [3.05, 3.63) is 63.5 Å². The van der Waals surface area contributed by atoms with Gasteiger partial charge >= 0.3 is 0 Å². The van der Waals surface area contributed by atoms with Gasteiger partial charge in [-0.15, -0.1) is 0 Å². The fourth-order valence-electron chi connectivity index (χ4n) is 2.69. The quantitative estimate of drug-likeness (QED) is 0.668. The van der Waals surface area contributed by atoms with Gasteiger partial charge in [0, 0.05) is 18.9 Å². The second-order valence-electron chi connectivity index (χ2n) is 6.92. The molecule has 30 heavy (non-hydrogen) atoms. The molecule has 2 aromatic rings. The molecule has 0 saturated heterocycles. The Kier molecular flexibility index (Phi) is 6.37. The predicted molar refractivity (Wildman–Crippen MR) is 114 cm³/mol. The molecule has 1 N–H and O–H groups in total. The lowest BCUT2D eigenvalue weighted by atomic mass is 10.1. The third kappa shape index (κ3) is 4.78. The molecule has 0 spiro atoms. The van der Waals surface area contributed by atoms with E-state index >= 15 is 0 Å². The standard InChI is InChI=1S/C21H17BrFN5O2/c1-12(2)11-28-19(4-3-18-25-9-14(8-24)10-26-18)27-17(21(28)30)7-13-5-15(22)20(29)16(23)6-13/h3-7,9-10,12,29H,11H2,1-2H3/b4-3+,17-7-. The number of halogens is 2. The highest BCUT2D eigenvalue weighted by Gasteiger charge is 2.29. The van der Waals surface area contributed by atoms with E-state index in [1.165, 1.54) is 29.4 Å². The molecule has 1 aromatic carbocycles. The summed E-state index contributed by atoms with van der Waals surface area (Å²) in [6, 6.07) is 4.57. The van der Waals surface area contributed by atoms with E-state index in [1.54, 1.807) is 12.2 Å². The van der Waals surface area contributed by atoms with Crippen LogP contribution in [0.15, 0.2) is 45.8 Å². The van der Waals surface area contributed by atoms with Crippen molar-refractivity contribution in [3.8, 4) is 11.8 Å². The Balaban J connectivity index is 1.95. The molecule has 0 aliphatic carbocycles. The number of aromatic nitrogens is 2. The Morgan fingerprint density at radius 2 is 2.00 bits per heavy atom. The lowest BCUT2D eigenvalue weighted by molar-refractivity contribution is -0.122. The van der Waals surface area contributed by atoms with Crippen molar-refractivity contribution in [2.75, 3.05) is 6.54 Å². The minimum Gasteiger partial charge on any atom is -0.504 e. The smallest absolute Gasteiger partial charge is 0.278 e. The molecule has 1 aliphatic heterocycles. The maximum absolute atomic E-state index is 13.8. The lowest BCUT2D eigenvalue weighted by Crippen LogP contribution is -2.34. The van der Waals surface area contributed by atoms with Crippen LogP contribution in [0.2, 0.25) is 0 Å². The summed E-state index contributed by atoms with van der Waals surface area (Å²) in [6.07, 6.45) is 7.49. The first-order valence-electron chi connectivity index (χ1n) is 8.99. The molecule has 0 unspecified atom stereocenters. The fourth-order valence-corrected chi connectivity index (χ4v) is 3.15. The van der Waals surface area contributed by atoms with Gasteiger partial charge in [-0.2, -0.15) is 5.26 Å². The van der Waals surface area contributed by atoms with Gasteiger partial charge in [-0.05, 0) is 57.8 Å². The second kappa shape index (κ2) is 8.97. The molecule has 0 fully saturated rings. The van der Waals surface area contributed by atoms with E-state index in [0.29, 0.717) is 29.3 Å². The van der Waals surface area contributed by atoms with Crippen LogP contribution in [0.25, 0.3) is 12.2 Å². The van der Waals surface area contributed by atoms with E-state index < -0.39 is 11.6 Å². The maximum Gasteiger partial charge on any atom is 0.278 e. The highest BCUT2D eigenvalue weighted by molar-refractivity contribution is 9.10. The van der Waals surface area contributed by atoms with Gasteiger partial charge in [-0.1, -0.05) is 13.8 Å². The number of benzene rings is 1. The van der Waals surface area contributed by atoms with E-state index in [-0.39, 0.29) is 22.0 Å². The molecule has 9 heteroatoms. The molecule has 1 aromatic heterocycles. The number of aliphatic imine (C=N–C) groups is 1. The summed E-state index contributed by atoms with van der Waals surface area (Å²) in [7, 11) is 0. The van der Waals surface area contributed by atoms with Crippen LogP contribution >= 0.6 is 15.9 Å². The third-order valence-electron chi connectivity index (χ3n) is 4.05. The second-order valence-corrected chi connectivity index (χ2v) is 7.77. The van der Waals surface area contributed by atoms with Gasteiger partial charge in [0.15, 0.2) is 17.4 Å². The molecular formula is C21H17BrFN5O2. The van der Waals surface area contributed by atoms with E-state index in [4.69, 9.17) is 5.26 Å². The van der Waals surface area contributed by atoms with Gasteiger partial charge in [0.2, 0.25) is 0 Å². The van der Waals surface area contributed by atoms with Gasteiger partial charge in [-0.25, -0.2) is 19.4 Å². The lowest BCUT2D eigenvalue weighted by Gasteiger charge is -2.18. The van der Waals surface area contributed by atoms with Gasteiger partial charge < -0.3 is 5.11 Å². The van der Waals surface area contributed by atoms with Crippen molar-refractivity contribution < 1.29 is 14.3 Å². The number of phenolic OH excluding ortho intramolecular Hbond substituents is 1. The minimum atomic E-state index is -0.803. The molecule has 7 nitrogen and oxygen atoms in total. The zero-order chi connectivity index (χ0) is 21.8. The molecule has 1 amide bonds. The summed E-state index contributed by atoms with van der Waals surface area (Å²) < 4.78 is 14.0. The van der Waals surface area contributed by atoms with Crippen molar-refractivity contribution in [2.45, 2.75) is 13.8 Å². The molecule has 0 bridgehead atoms. The predicted octanol–water partition coefficient (Wildman–Crippen LogP) is 3.91. The Labute approximate surface area is 181 Å². The van der Waals surface area contributed by atoms with Crippen molar-refractivity contribution in [2.24, 2.45) is 10.9 Å². The Bertz CT molecular complexity index is 1090. The summed E-state index contributed by atoms with van der Waals surface area (Å²) in [4.78, 5) is 26.9. The largest absolute Gasteiger partial charge is 0.504 e. The van der Waals surface area contributed by atoms with Crippen LogP contribution in [0, 0.1) is 23.1 Å². The molecule has 0 atom stereocenters. The first-order valence-corrected chi connectivity index (χ1v) is 9.78. The van der Waals surface area contributed by atoms with E-state index in [2.05, 4.69) is 30.9 Å². The van der Waals surface area contributed by atoms with Crippen LogP contribution in [0.5, 0.6) is 5.75 Å². The number of phenols is 1. The number of hydrogen-bond acceptors (Lipinski definition) is 6. The number of aromatic hydroxyl groups is 1. The summed E-state index contributed by atoms with van der Waals surface area (Å²) in [5.41, 5.74) is 0.877. The van der Waals surface area contributed by atoms with Crippen LogP contribution < -0.4 is 0 Å². The first kappa shape index (κ1) is 21.3. The Morgan fingerprint density at radius 3 is 2.60 bits per heavy atom. The average Bonchev–Trinajstić information content (AvgIpc) is 2.99. The zero-order valence-corrected chi connectivity index (χ0v) is 17.8. The van der Waals surface area contributed by atoms with Crippen molar-refractivity contribution in [1.82, 2.24) is 14.9 Å². The van der Waals surface area contributed by atoms with Crippen LogP contribution in [0.4, 0.5) is 4.39 Å². The average molecular weight is 470 g/mol. The summed E-state index contributed by atoms with van der Waals surface area (Å²) in [5.74, 6) is -0.637.